The number of fused-ring (bicyclic) bond motifs is 2. The minimum atomic E-state index is -0.310. The van der Waals surface area contributed by atoms with E-state index in [0.717, 1.165) is 22.3 Å². The van der Waals surface area contributed by atoms with Crippen LogP contribution in [-0.2, 0) is 0 Å². The fourth-order valence-corrected chi connectivity index (χ4v) is 3.92. The number of carbonyl (C=O) groups is 1. The Bertz CT molecular complexity index is 1500. The molecule has 5 aromatic rings. The molecule has 0 aliphatic heterocycles. The van der Waals surface area contributed by atoms with E-state index in [9.17, 15) is 9.59 Å². The molecule has 0 bridgehead atoms. The molecule has 1 unspecified atom stereocenters. The van der Waals surface area contributed by atoms with Crippen molar-refractivity contribution in [3.8, 4) is 5.69 Å². The molecule has 0 radical (unpaired) electrons. The smallest absolute Gasteiger partial charge is 0.275 e. The Morgan fingerprint density at radius 2 is 1.66 bits per heavy atom. The van der Waals surface area contributed by atoms with E-state index >= 15 is 0 Å². The molecule has 1 N–H and O–H groups in total. The maximum Gasteiger partial charge on any atom is 0.275 e. The van der Waals surface area contributed by atoms with Gasteiger partial charge in [0.15, 0.2) is 5.69 Å². The van der Waals surface area contributed by atoms with Crippen LogP contribution in [-0.4, -0.2) is 37.6 Å². The number of para-hydroxylation sites is 2. The normalized spacial score (nSPS) is 12.2. The monoisotopic (exact) mass is 423 g/mol. The van der Waals surface area contributed by atoms with E-state index in [1.807, 2.05) is 66.3 Å². The van der Waals surface area contributed by atoms with Gasteiger partial charge in [-0.05, 0) is 42.8 Å². The molecule has 1 atom stereocenters. The van der Waals surface area contributed by atoms with E-state index in [1.54, 1.807) is 36.2 Å². The zero-order chi connectivity index (χ0) is 22.2. The molecule has 2 aromatic heterocycles. The number of H-pyrrole nitrogens is 1. The lowest BCUT2D eigenvalue weighted by Crippen LogP contribution is -2.31. The molecule has 158 valence electrons. The largest absolute Gasteiger partial charge is 0.334 e. The highest BCUT2D eigenvalue weighted by Crippen LogP contribution is 2.25. The lowest BCUT2D eigenvalue weighted by molar-refractivity contribution is 0.0737. The minimum absolute atomic E-state index is 0.191. The predicted octanol–water partition coefficient (Wildman–Crippen LogP) is 4.10. The predicted molar refractivity (Wildman–Crippen MR) is 124 cm³/mol. The fourth-order valence-electron chi connectivity index (χ4n) is 3.92. The van der Waals surface area contributed by atoms with Crippen LogP contribution in [0.3, 0.4) is 0 Å². The van der Waals surface area contributed by atoms with Gasteiger partial charge in [-0.1, -0.05) is 42.5 Å². The summed E-state index contributed by atoms with van der Waals surface area (Å²) < 4.78 is 2.04. The van der Waals surface area contributed by atoms with Crippen molar-refractivity contribution >= 4 is 27.7 Å². The van der Waals surface area contributed by atoms with Gasteiger partial charge in [-0.25, -0.2) is 10.1 Å². The molecule has 32 heavy (non-hydrogen) atoms. The number of nitrogens with zero attached hydrogens (tertiary/aromatic N) is 4. The maximum absolute atomic E-state index is 13.2. The Labute approximate surface area is 183 Å². The van der Waals surface area contributed by atoms with E-state index in [-0.39, 0.29) is 23.2 Å². The highest BCUT2D eigenvalue weighted by molar-refractivity contribution is 6.04. The third kappa shape index (κ3) is 3.24. The lowest BCUT2D eigenvalue weighted by Gasteiger charge is -2.25. The summed E-state index contributed by atoms with van der Waals surface area (Å²) >= 11 is 0. The van der Waals surface area contributed by atoms with Gasteiger partial charge in [0.1, 0.15) is 6.33 Å². The second-order valence-corrected chi connectivity index (χ2v) is 7.73. The number of nitrogens with one attached hydrogen (secondary N) is 1. The zero-order valence-corrected chi connectivity index (χ0v) is 17.7. The average Bonchev–Trinajstić information content (AvgIpc) is 3.27. The van der Waals surface area contributed by atoms with Gasteiger partial charge in [0.2, 0.25) is 0 Å². The van der Waals surface area contributed by atoms with Gasteiger partial charge in [-0.3, -0.25) is 14.2 Å². The van der Waals surface area contributed by atoms with E-state index in [0.29, 0.717) is 10.8 Å². The van der Waals surface area contributed by atoms with Crippen LogP contribution in [0.15, 0.2) is 83.9 Å². The molecule has 0 spiro atoms. The molecule has 2 heterocycles. The summed E-state index contributed by atoms with van der Waals surface area (Å²) in [7, 11) is 1.74. The van der Waals surface area contributed by atoms with Crippen LogP contribution in [0, 0.1) is 0 Å². The Balaban J connectivity index is 1.43. The van der Waals surface area contributed by atoms with Gasteiger partial charge in [-0.15, -0.1) is 0 Å². The molecule has 1 amide bonds. The van der Waals surface area contributed by atoms with Crippen molar-refractivity contribution in [3.05, 3.63) is 101 Å². The Kier molecular flexibility index (Phi) is 4.78. The first-order valence-electron chi connectivity index (χ1n) is 10.3. The van der Waals surface area contributed by atoms with Crippen LogP contribution in [0.25, 0.3) is 27.5 Å². The first kappa shape index (κ1) is 19.7. The van der Waals surface area contributed by atoms with E-state index < -0.39 is 0 Å². The third-order valence-corrected chi connectivity index (χ3v) is 5.91. The van der Waals surface area contributed by atoms with Crippen molar-refractivity contribution < 1.29 is 4.79 Å². The van der Waals surface area contributed by atoms with E-state index in [2.05, 4.69) is 15.2 Å². The number of amides is 1. The van der Waals surface area contributed by atoms with E-state index in [1.165, 1.54) is 0 Å². The van der Waals surface area contributed by atoms with Gasteiger partial charge in [0.25, 0.3) is 11.5 Å². The number of aromatic amines is 1. The summed E-state index contributed by atoms with van der Waals surface area (Å²) in [6.45, 7) is 1.97. The Morgan fingerprint density at radius 1 is 0.969 bits per heavy atom. The Morgan fingerprint density at radius 3 is 2.44 bits per heavy atom. The van der Waals surface area contributed by atoms with Crippen molar-refractivity contribution in [2.75, 3.05) is 7.05 Å². The number of imidazole rings is 1. The van der Waals surface area contributed by atoms with Crippen LogP contribution in [0.4, 0.5) is 0 Å². The quantitative estimate of drug-likeness (QED) is 0.472. The molecule has 7 nitrogen and oxygen atoms in total. The van der Waals surface area contributed by atoms with Crippen molar-refractivity contribution in [2.45, 2.75) is 13.0 Å². The van der Waals surface area contributed by atoms with Gasteiger partial charge in [0, 0.05) is 18.1 Å². The lowest BCUT2D eigenvalue weighted by atomic mass is 10.1. The molecule has 5 rings (SSSR count). The van der Waals surface area contributed by atoms with E-state index in [4.69, 9.17) is 0 Å². The third-order valence-electron chi connectivity index (χ3n) is 5.91. The van der Waals surface area contributed by atoms with Gasteiger partial charge in [0.05, 0.1) is 22.5 Å². The molecular formula is C25H21N5O2. The van der Waals surface area contributed by atoms with Crippen molar-refractivity contribution in [1.29, 1.82) is 0 Å². The fraction of sp³-hybridized carbons (Fsp3) is 0.120. The summed E-state index contributed by atoms with van der Waals surface area (Å²) in [5, 5.41) is 7.47. The van der Waals surface area contributed by atoms with Gasteiger partial charge >= 0.3 is 0 Å². The molecule has 0 fully saturated rings. The summed E-state index contributed by atoms with van der Waals surface area (Å²) in [4.78, 5) is 31.3. The Hall–Kier alpha value is -4.26. The van der Waals surface area contributed by atoms with Crippen molar-refractivity contribution in [3.63, 3.8) is 0 Å². The summed E-state index contributed by atoms with van der Waals surface area (Å²) in [6, 6.07) is 22.8. The highest BCUT2D eigenvalue weighted by Gasteiger charge is 2.23. The summed E-state index contributed by atoms with van der Waals surface area (Å²) in [5.74, 6) is -0.255. The number of rotatable bonds is 4. The highest BCUT2D eigenvalue weighted by atomic mass is 16.2. The van der Waals surface area contributed by atoms with Crippen LogP contribution in [0.5, 0.6) is 0 Å². The van der Waals surface area contributed by atoms with Crippen LogP contribution in [0.2, 0.25) is 0 Å². The first-order valence-corrected chi connectivity index (χ1v) is 10.3. The van der Waals surface area contributed by atoms with Gasteiger partial charge < -0.3 is 4.90 Å². The summed E-state index contributed by atoms with van der Waals surface area (Å²) in [6.07, 6.45) is 1.81. The molecule has 0 aliphatic carbocycles. The molecular weight excluding hydrogens is 402 g/mol. The summed E-state index contributed by atoms with van der Waals surface area (Å²) in [5.41, 5.74) is 3.89. The van der Waals surface area contributed by atoms with Crippen LogP contribution < -0.4 is 5.56 Å². The standard InChI is InChI=1S/C25H21N5O2/c1-16(29(2)25(32)23-19-7-3-4-8-20(19)24(31)28-27-23)17-11-13-18(14-12-17)30-15-26-21-9-5-6-10-22(21)30/h3-16H,1-2H3,(H,28,31). The van der Waals surface area contributed by atoms with Crippen molar-refractivity contribution in [2.24, 2.45) is 0 Å². The first-order chi connectivity index (χ1) is 15.5. The van der Waals surface area contributed by atoms with Gasteiger partial charge in [-0.2, -0.15) is 5.10 Å². The molecule has 0 aliphatic rings. The molecule has 7 heteroatoms. The topological polar surface area (TPSA) is 83.9 Å². The second-order valence-electron chi connectivity index (χ2n) is 7.73. The minimum Gasteiger partial charge on any atom is -0.334 e. The second kappa shape index (κ2) is 7.77. The molecule has 3 aromatic carbocycles. The van der Waals surface area contributed by atoms with Crippen LogP contribution >= 0.6 is 0 Å². The van der Waals surface area contributed by atoms with Crippen molar-refractivity contribution in [1.82, 2.24) is 24.6 Å². The SMILES string of the molecule is CC(c1ccc(-n2cnc3ccccc32)cc1)N(C)C(=O)c1n[nH]c(=O)c2ccccc12. The molecule has 0 saturated carbocycles. The average molecular weight is 423 g/mol. The number of hydrogen-bond donors (Lipinski definition) is 1. The number of aromatic nitrogens is 4. The number of hydrogen-bond acceptors (Lipinski definition) is 4. The maximum atomic E-state index is 13.2. The number of benzene rings is 3. The number of carbonyl (C=O) groups excluding carboxylic acids is 1. The zero-order valence-electron chi connectivity index (χ0n) is 17.7. The van der Waals surface area contributed by atoms with Crippen LogP contribution in [0.1, 0.15) is 29.0 Å². The molecule has 0 saturated heterocycles.